The number of rotatable bonds is 10. The molecule has 2 aliphatic heterocycles. The van der Waals surface area contributed by atoms with E-state index in [1.54, 1.807) is 18.2 Å². The van der Waals surface area contributed by atoms with Gasteiger partial charge in [-0.1, -0.05) is 13.5 Å². The van der Waals surface area contributed by atoms with Crippen molar-refractivity contribution in [1.82, 2.24) is 10.2 Å². The fraction of sp³-hybridized carbons (Fsp3) is 0.476. The van der Waals surface area contributed by atoms with E-state index in [0.29, 0.717) is 50.7 Å². The Morgan fingerprint density at radius 1 is 1.03 bits per heavy atom. The van der Waals surface area contributed by atoms with Crippen molar-refractivity contribution in [3.8, 4) is 5.75 Å². The van der Waals surface area contributed by atoms with Crippen molar-refractivity contribution in [3.05, 3.63) is 41.6 Å². The number of ether oxygens (including phenoxy) is 3. The molecule has 0 spiro atoms. The van der Waals surface area contributed by atoms with Crippen LogP contribution in [0.15, 0.2) is 30.5 Å². The number of imide groups is 1. The molecular weight excluding hydrogens is 376 g/mol. The van der Waals surface area contributed by atoms with Gasteiger partial charge in [0.15, 0.2) is 0 Å². The number of benzene rings is 1. The monoisotopic (exact) mass is 402 g/mol. The van der Waals surface area contributed by atoms with Gasteiger partial charge in [-0.25, -0.2) is 0 Å². The summed E-state index contributed by atoms with van der Waals surface area (Å²) in [6, 6.07) is 3.92. The first kappa shape index (κ1) is 21.0. The summed E-state index contributed by atoms with van der Waals surface area (Å²) in [7, 11) is 0. The van der Waals surface area contributed by atoms with Crippen LogP contribution >= 0.6 is 0 Å². The van der Waals surface area contributed by atoms with Crippen LogP contribution < -0.4 is 10.1 Å². The third-order valence-electron chi connectivity index (χ3n) is 4.74. The van der Waals surface area contributed by atoms with Crippen molar-refractivity contribution in [2.24, 2.45) is 0 Å². The molecule has 3 amide bonds. The Morgan fingerprint density at radius 2 is 1.72 bits per heavy atom. The Labute approximate surface area is 169 Å². The van der Waals surface area contributed by atoms with Crippen LogP contribution in [0.5, 0.6) is 5.75 Å². The maximum Gasteiger partial charge on any atom is 0.262 e. The number of nitrogens with zero attached hydrogens (tertiary/aromatic N) is 1. The first-order chi connectivity index (χ1) is 14.0. The van der Waals surface area contributed by atoms with Gasteiger partial charge in [0.25, 0.3) is 11.8 Å². The van der Waals surface area contributed by atoms with Crippen molar-refractivity contribution >= 4 is 17.7 Å². The first-order valence-electron chi connectivity index (χ1n) is 9.81. The van der Waals surface area contributed by atoms with Gasteiger partial charge in [-0.2, -0.15) is 0 Å². The topological polar surface area (TPSA) is 94.2 Å². The van der Waals surface area contributed by atoms with Crippen LogP contribution in [0.4, 0.5) is 0 Å². The predicted molar refractivity (Wildman–Crippen MR) is 105 cm³/mol. The molecule has 156 valence electrons. The standard InChI is InChI=1S/C21H26N2O6/c1-3-8-27-9-10-28-11-12-29-15-5-6-16-17(13-15)21(26)23(20(16)25)18-7-4-14(2)22-19(18)24/h5-6,13,18H,2-4,7-12H2,1H3,(H,22,24). The third-order valence-corrected chi connectivity index (χ3v) is 4.74. The van der Waals surface area contributed by atoms with Gasteiger partial charge in [-0.15, -0.1) is 0 Å². The number of hydrogen-bond acceptors (Lipinski definition) is 6. The van der Waals surface area contributed by atoms with E-state index in [1.807, 2.05) is 6.92 Å². The Morgan fingerprint density at radius 3 is 2.45 bits per heavy atom. The van der Waals surface area contributed by atoms with Crippen LogP contribution in [0.1, 0.15) is 46.9 Å². The van der Waals surface area contributed by atoms with E-state index in [2.05, 4.69) is 11.9 Å². The molecule has 3 rings (SSSR count). The van der Waals surface area contributed by atoms with Crippen molar-refractivity contribution in [1.29, 1.82) is 0 Å². The normalized spacial score (nSPS) is 18.8. The minimum atomic E-state index is -0.819. The second-order valence-corrected chi connectivity index (χ2v) is 6.91. The number of carbonyl (C=O) groups is 3. The lowest BCUT2D eigenvalue weighted by atomic mass is 10.0. The van der Waals surface area contributed by atoms with Gasteiger partial charge in [0.05, 0.1) is 30.9 Å². The quantitative estimate of drug-likeness (QED) is 0.475. The number of piperidine rings is 1. The maximum atomic E-state index is 12.8. The average molecular weight is 402 g/mol. The summed E-state index contributed by atoms with van der Waals surface area (Å²) in [5.41, 5.74) is 1.13. The summed E-state index contributed by atoms with van der Waals surface area (Å²) >= 11 is 0. The molecule has 2 heterocycles. The van der Waals surface area contributed by atoms with Gasteiger partial charge in [0.1, 0.15) is 18.4 Å². The smallest absolute Gasteiger partial charge is 0.262 e. The molecule has 1 aromatic carbocycles. The highest BCUT2D eigenvalue weighted by Gasteiger charge is 2.44. The fourth-order valence-corrected chi connectivity index (χ4v) is 3.30. The molecule has 1 N–H and O–H groups in total. The minimum Gasteiger partial charge on any atom is -0.491 e. The lowest BCUT2D eigenvalue weighted by Crippen LogP contribution is -2.51. The van der Waals surface area contributed by atoms with E-state index >= 15 is 0 Å². The van der Waals surface area contributed by atoms with Gasteiger partial charge in [0, 0.05) is 12.3 Å². The summed E-state index contributed by atoms with van der Waals surface area (Å²) in [4.78, 5) is 38.7. The molecule has 8 nitrogen and oxygen atoms in total. The van der Waals surface area contributed by atoms with E-state index in [1.165, 1.54) is 0 Å². The van der Waals surface area contributed by atoms with Crippen molar-refractivity contribution in [2.45, 2.75) is 32.2 Å². The molecule has 8 heteroatoms. The zero-order valence-corrected chi connectivity index (χ0v) is 16.6. The molecule has 0 bridgehead atoms. The lowest BCUT2D eigenvalue weighted by molar-refractivity contribution is -0.125. The van der Waals surface area contributed by atoms with Gasteiger partial charge < -0.3 is 19.5 Å². The molecule has 29 heavy (non-hydrogen) atoms. The molecular formula is C21H26N2O6. The Kier molecular flexibility index (Phi) is 7.00. The van der Waals surface area contributed by atoms with Crippen molar-refractivity contribution in [2.75, 3.05) is 33.0 Å². The van der Waals surface area contributed by atoms with Crippen LogP contribution in [0.2, 0.25) is 0 Å². The molecule has 1 unspecified atom stereocenters. The second-order valence-electron chi connectivity index (χ2n) is 6.91. The highest BCUT2D eigenvalue weighted by Crippen LogP contribution is 2.30. The minimum absolute atomic E-state index is 0.249. The van der Waals surface area contributed by atoms with Crippen LogP contribution in [0.25, 0.3) is 0 Å². The van der Waals surface area contributed by atoms with Crippen LogP contribution in [-0.2, 0) is 14.3 Å². The van der Waals surface area contributed by atoms with E-state index in [4.69, 9.17) is 14.2 Å². The summed E-state index contributed by atoms with van der Waals surface area (Å²) < 4.78 is 16.4. The number of nitrogens with one attached hydrogen (secondary N) is 1. The summed E-state index contributed by atoms with van der Waals surface area (Å²) in [5, 5.41) is 2.61. The Bertz CT molecular complexity index is 806. The van der Waals surface area contributed by atoms with Gasteiger partial charge in [-0.05, 0) is 37.5 Å². The van der Waals surface area contributed by atoms with Gasteiger partial charge in [0.2, 0.25) is 5.91 Å². The number of hydrogen-bond donors (Lipinski definition) is 1. The van der Waals surface area contributed by atoms with E-state index in [9.17, 15) is 14.4 Å². The molecule has 1 aromatic rings. The fourth-order valence-electron chi connectivity index (χ4n) is 3.30. The molecule has 0 saturated carbocycles. The summed E-state index contributed by atoms with van der Waals surface area (Å²) in [5.74, 6) is -0.849. The molecule has 0 aromatic heterocycles. The van der Waals surface area contributed by atoms with Crippen LogP contribution in [-0.4, -0.2) is 61.7 Å². The largest absolute Gasteiger partial charge is 0.491 e. The van der Waals surface area contributed by atoms with Crippen molar-refractivity contribution < 1.29 is 28.6 Å². The highest BCUT2D eigenvalue weighted by molar-refractivity contribution is 6.23. The Hall–Kier alpha value is -2.71. The van der Waals surface area contributed by atoms with E-state index < -0.39 is 17.9 Å². The van der Waals surface area contributed by atoms with Crippen LogP contribution in [0.3, 0.4) is 0 Å². The first-order valence-corrected chi connectivity index (χ1v) is 9.81. The zero-order chi connectivity index (χ0) is 20.8. The highest BCUT2D eigenvalue weighted by atomic mass is 16.5. The summed E-state index contributed by atoms with van der Waals surface area (Å²) in [6.07, 6.45) is 1.88. The van der Waals surface area contributed by atoms with E-state index in [0.717, 1.165) is 17.9 Å². The molecule has 1 fully saturated rings. The lowest BCUT2D eigenvalue weighted by Gasteiger charge is -2.29. The molecule has 2 aliphatic rings. The second kappa shape index (κ2) is 9.67. The summed E-state index contributed by atoms with van der Waals surface area (Å²) in [6.45, 7) is 8.22. The number of allylic oxidation sites excluding steroid dienone is 1. The van der Waals surface area contributed by atoms with Crippen LogP contribution in [0, 0.1) is 0 Å². The van der Waals surface area contributed by atoms with Gasteiger partial charge >= 0.3 is 0 Å². The Balaban J connectivity index is 1.55. The number of carbonyl (C=O) groups excluding carboxylic acids is 3. The molecule has 0 aliphatic carbocycles. The van der Waals surface area contributed by atoms with Crippen molar-refractivity contribution in [3.63, 3.8) is 0 Å². The predicted octanol–water partition coefficient (Wildman–Crippen LogP) is 1.90. The molecule has 1 saturated heterocycles. The number of fused-ring (bicyclic) bond motifs is 1. The third kappa shape index (κ3) is 4.83. The molecule has 1 atom stereocenters. The maximum absolute atomic E-state index is 12.8. The van der Waals surface area contributed by atoms with Gasteiger partial charge in [-0.3, -0.25) is 19.3 Å². The molecule has 0 radical (unpaired) electrons. The number of amides is 3. The average Bonchev–Trinajstić information content (AvgIpc) is 2.94. The SMILES string of the molecule is C=C1CCC(N2C(=O)c3ccc(OCCOCCOCCC)cc3C2=O)C(=O)N1. The van der Waals surface area contributed by atoms with E-state index in [-0.39, 0.29) is 17.0 Å². The zero-order valence-electron chi connectivity index (χ0n) is 16.6.